The van der Waals surface area contributed by atoms with Gasteiger partial charge in [0.1, 0.15) is 0 Å². The van der Waals surface area contributed by atoms with Gasteiger partial charge < -0.3 is 9.64 Å². The van der Waals surface area contributed by atoms with E-state index in [0.717, 1.165) is 44.1 Å². The monoisotopic (exact) mass is 264 g/mol. The summed E-state index contributed by atoms with van der Waals surface area (Å²) in [6.45, 7) is 9.45. The predicted molar refractivity (Wildman–Crippen MR) is 73.6 cm³/mol. The second-order valence-corrected chi connectivity index (χ2v) is 6.25. The van der Waals surface area contributed by atoms with Crippen molar-refractivity contribution in [2.75, 3.05) is 32.7 Å². The van der Waals surface area contributed by atoms with Gasteiger partial charge in [-0.05, 0) is 25.2 Å². The Morgan fingerprint density at radius 2 is 2.11 bits per heavy atom. The molecule has 1 saturated carbocycles. The highest BCUT2D eigenvalue weighted by atomic mass is 16.5. The molecule has 2 aliphatic heterocycles. The van der Waals surface area contributed by atoms with Crippen molar-refractivity contribution in [3.05, 3.63) is 11.5 Å². The van der Waals surface area contributed by atoms with Gasteiger partial charge in [-0.15, -0.1) is 0 Å². The first-order valence-electron chi connectivity index (χ1n) is 7.51. The van der Waals surface area contributed by atoms with Crippen molar-refractivity contribution in [3.63, 3.8) is 0 Å². The molecular weight excluding hydrogens is 240 g/mol. The Morgan fingerprint density at radius 1 is 1.32 bits per heavy atom. The molecule has 0 spiro atoms. The largest absolute Gasteiger partial charge is 0.485 e. The Kier molecular flexibility index (Phi) is 3.52. The second kappa shape index (κ2) is 5.16. The molecule has 0 bridgehead atoms. The molecule has 3 rings (SSSR count). The Bertz CT molecular complexity index is 401. The van der Waals surface area contributed by atoms with E-state index in [9.17, 15) is 4.79 Å². The maximum Gasteiger partial charge on any atom is 0.196 e. The van der Waals surface area contributed by atoms with Crippen molar-refractivity contribution in [1.82, 2.24) is 9.80 Å². The van der Waals surface area contributed by atoms with E-state index >= 15 is 0 Å². The van der Waals surface area contributed by atoms with E-state index in [2.05, 4.69) is 16.7 Å². The summed E-state index contributed by atoms with van der Waals surface area (Å²) >= 11 is 0. The van der Waals surface area contributed by atoms with Crippen LogP contribution in [0, 0.1) is 5.92 Å². The van der Waals surface area contributed by atoms with Crippen molar-refractivity contribution in [2.45, 2.75) is 39.2 Å². The maximum atomic E-state index is 11.8. The van der Waals surface area contributed by atoms with Crippen molar-refractivity contribution in [1.29, 1.82) is 0 Å². The summed E-state index contributed by atoms with van der Waals surface area (Å²) in [5, 5.41) is 0. The third kappa shape index (κ3) is 3.30. The van der Waals surface area contributed by atoms with Gasteiger partial charge in [-0.2, -0.15) is 0 Å². The average molecular weight is 264 g/mol. The van der Waals surface area contributed by atoms with Crippen LogP contribution < -0.4 is 0 Å². The normalized spacial score (nSPS) is 32.4. The number of nitrogens with zero attached hydrogens (tertiary/aromatic N) is 2. The van der Waals surface area contributed by atoms with E-state index in [1.165, 1.54) is 19.5 Å². The standard InChI is InChI=1S/C15H24N2O2/c1-11-3-4-13(9-11)19-15(12(2)18)14-10-17(14)8-7-16-5-6-16/h11,13H,3-10H2,1-2H3/b15-14-. The lowest BCUT2D eigenvalue weighted by molar-refractivity contribution is -0.118. The van der Waals surface area contributed by atoms with Gasteiger partial charge >= 0.3 is 0 Å². The SMILES string of the molecule is CC(=O)/C(OC1CCC(C)C1)=C1\CN1CCN1CC1. The summed E-state index contributed by atoms with van der Waals surface area (Å²) < 4.78 is 5.99. The van der Waals surface area contributed by atoms with Crippen molar-refractivity contribution >= 4 is 5.78 Å². The highest BCUT2D eigenvalue weighted by Gasteiger charge is 2.35. The van der Waals surface area contributed by atoms with E-state index in [0.29, 0.717) is 5.76 Å². The number of rotatable bonds is 6. The van der Waals surface area contributed by atoms with Crippen LogP contribution in [0.25, 0.3) is 0 Å². The smallest absolute Gasteiger partial charge is 0.196 e. The first-order valence-corrected chi connectivity index (χ1v) is 7.51. The number of ether oxygens (including phenoxy) is 1. The van der Waals surface area contributed by atoms with Gasteiger partial charge in [-0.1, -0.05) is 6.92 Å². The van der Waals surface area contributed by atoms with E-state index in [1.807, 2.05) is 0 Å². The van der Waals surface area contributed by atoms with Crippen molar-refractivity contribution < 1.29 is 9.53 Å². The highest BCUT2D eigenvalue weighted by Crippen LogP contribution is 2.33. The summed E-state index contributed by atoms with van der Waals surface area (Å²) in [4.78, 5) is 16.4. The molecule has 4 heteroatoms. The first-order chi connectivity index (χ1) is 9.13. The topological polar surface area (TPSA) is 32.3 Å². The summed E-state index contributed by atoms with van der Waals surface area (Å²) in [6, 6.07) is 0. The average Bonchev–Trinajstić information content (AvgIpc) is 3.25. The number of hydrogen-bond donors (Lipinski definition) is 0. The van der Waals surface area contributed by atoms with Crippen molar-refractivity contribution in [2.24, 2.45) is 5.92 Å². The van der Waals surface area contributed by atoms with Crippen LogP contribution in [-0.4, -0.2) is 54.4 Å². The van der Waals surface area contributed by atoms with E-state index in [1.54, 1.807) is 6.92 Å². The Balaban J connectivity index is 1.56. The lowest BCUT2D eigenvalue weighted by atomic mass is 10.1. The minimum atomic E-state index is 0.0868. The molecule has 0 radical (unpaired) electrons. The molecule has 1 aliphatic carbocycles. The van der Waals surface area contributed by atoms with Crippen LogP contribution in [0.2, 0.25) is 0 Å². The molecule has 2 atom stereocenters. The molecule has 0 aromatic heterocycles. The summed E-state index contributed by atoms with van der Waals surface area (Å²) in [6.07, 6.45) is 3.68. The Morgan fingerprint density at radius 3 is 2.68 bits per heavy atom. The zero-order chi connectivity index (χ0) is 13.4. The third-order valence-electron chi connectivity index (χ3n) is 4.36. The van der Waals surface area contributed by atoms with Crippen LogP contribution in [0.1, 0.15) is 33.1 Å². The quantitative estimate of drug-likeness (QED) is 0.414. The van der Waals surface area contributed by atoms with Crippen LogP contribution in [-0.2, 0) is 9.53 Å². The maximum absolute atomic E-state index is 11.8. The summed E-state index contributed by atoms with van der Waals surface area (Å²) in [5.74, 6) is 1.47. The van der Waals surface area contributed by atoms with Crippen molar-refractivity contribution in [3.8, 4) is 0 Å². The number of Topliss-reactive ketones (excluding diaryl/α,β-unsaturated/α-hetero) is 1. The molecule has 2 heterocycles. The summed E-state index contributed by atoms with van der Waals surface area (Å²) in [7, 11) is 0. The molecular formula is C15H24N2O2. The number of carbonyl (C=O) groups is 1. The Labute approximate surface area is 115 Å². The molecule has 2 unspecified atom stereocenters. The van der Waals surface area contributed by atoms with Gasteiger partial charge in [-0.3, -0.25) is 9.69 Å². The van der Waals surface area contributed by atoms with Gasteiger partial charge in [0, 0.05) is 33.1 Å². The molecule has 19 heavy (non-hydrogen) atoms. The second-order valence-electron chi connectivity index (χ2n) is 6.25. The number of hydrogen-bond acceptors (Lipinski definition) is 4. The fourth-order valence-electron chi connectivity index (χ4n) is 2.91. The van der Waals surface area contributed by atoms with Gasteiger partial charge in [-0.25, -0.2) is 0 Å². The number of carbonyl (C=O) groups excluding carboxylic acids is 1. The van der Waals surface area contributed by atoms with Gasteiger partial charge in [0.25, 0.3) is 0 Å². The molecule has 106 valence electrons. The fourth-order valence-corrected chi connectivity index (χ4v) is 2.91. The molecule has 0 aromatic rings. The van der Waals surface area contributed by atoms with Crippen LogP contribution >= 0.6 is 0 Å². The van der Waals surface area contributed by atoms with Gasteiger partial charge in [0.2, 0.25) is 0 Å². The zero-order valence-corrected chi connectivity index (χ0v) is 12.0. The minimum absolute atomic E-state index is 0.0868. The van der Waals surface area contributed by atoms with Crippen LogP contribution in [0.3, 0.4) is 0 Å². The van der Waals surface area contributed by atoms with E-state index in [4.69, 9.17) is 4.74 Å². The highest BCUT2D eigenvalue weighted by molar-refractivity contribution is 5.92. The molecule has 3 aliphatic rings. The molecule has 0 aromatic carbocycles. The lowest BCUT2D eigenvalue weighted by Crippen LogP contribution is -2.15. The molecule has 4 nitrogen and oxygen atoms in total. The minimum Gasteiger partial charge on any atom is -0.485 e. The van der Waals surface area contributed by atoms with Crippen LogP contribution in [0.15, 0.2) is 11.5 Å². The van der Waals surface area contributed by atoms with Crippen LogP contribution in [0.4, 0.5) is 0 Å². The number of ketones is 1. The van der Waals surface area contributed by atoms with Gasteiger partial charge in [0.15, 0.2) is 11.5 Å². The predicted octanol–water partition coefficient (Wildman–Crippen LogP) is 1.62. The zero-order valence-electron chi connectivity index (χ0n) is 12.0. The molecule has 3 fully saturated rings. The molecule has 2 saturated heterocycles. The van der Waals surface area contributed by atoms with E-state index in [-0.39, 0.29) is 11.9 Å². The first kappa shape index (κ1) is 13.0. The summed E-state index contributed by atoms with van der Waals surface area (Å²) in [5.41, 5.74) is 1.13. The number of allylic oxidation sites excluding steroid dienone is 1. The van der Waals surface area contributed by atoms with E-state index < -0.39 is 0 Å². The van der Waals surface area contributed by atoms with Crippen LogP contribution in [0.5, 0.6) is 0 Å². The fraction of sp³-hybridized carbons (Fsp3) is 0.800. The third-order valence-corrected chi connectivity index (χ3v) is 4.36. The lowest BCUT2D eigenvalue weighted by Gasteiger charge is -2.14. The van der Waals surface area contributed by atoms with Gasteiger partial charge in [0.05, 0.1) is 18.3 Å². The molecule has 0 N–H and O–H groups in total. The Hall–Kier alpha value is -1.03. The molecule has 0 amide bonds.